The van der Waals surface area contributed by atoms with Gasteiger partial charge in [0.25, 0.3) is 5.91 Å². The van der Waals surface area contributed by atoms with Crippen LogP contribution in [0.2, 0.25) is 5.02 Å². The standard InChI is InChI=1S/C40H47ClN2O6S/c1-27-8-6-19-40(25-44,48-2)34-15-12-31(34)23-43-24-39(18-7-11-29-21-32(41)14-16-33(29)39)26-49-36-17-13-30(22-35(36)43)38(45)42-50(46,47)37(27)20-28-9-4-3-5-10-28/h3-6,9-10,13-14,16-17,19,21-22,27,31,34,37,44H,7-8,11-12,15,18,20,23-26H2,1-2H3,(H,42,45)/b19-6-/t27-,31-,34+,37+,39-,40-/m0/s1. The number of benzene rings is 3. The number of amides is 1. The minimum absolute atomic E-state index is 0.0494. The van der Waals surface area contributed by atoms with Gasteiger partial charge in [-0.25, -0.2) is 13.1 Å². The predicted octanol–water partition coefficient (Wildman–Crippen LogP) is 6.48. The van der Waals surface area contributed by atoms with Gasteiger partial charge >= 0.3 is 0 Å². The van der Waals surface area contributed by atoms with Crippen LogP contribution in [-0.2, 0) is 33.0 Å². The van der Waals surface area contributed by atoms with E-state index < -0.39 is 26.8 Å². The molecule has 0 aromatic heterocycles. The van der Waals surface area contributed by atoms with Crippen LogP contribution in [0.5, 0.6) is 5.75 Å². The number of allylic oxidation sites excluding steroid dienone is 1. The third-order valence-corrected chi connectivity index (χ3v) is 14.0. The van der Waals surface area contributed by atoms with E-state index in [1.165, 1.54) is 11.1 Å². The van der Waals surface area contributed by atoms with Gasteiger partial charge in [-0.2, -0.15) is 0 Å². The van der Waals surface area contributed by atoms with Crippen molar-refractivity contribution in [3.8, 4) is 5.75 Å². The molecule has 0 radical (unpaired) electrons. The fraction of sp³-hybridized carbons (Fsp3) is 0.475. The zero-order valence-corrected chi connectivity index (χ0v) is 30.4. The summed E-state index contributed by atoms with van der Waals surface area (Å²) in [6, 6.07) is 20.9. The van der Waals surface area contributed by atoms with Gasteiger partial charge in [-0.3, -0.25) is 4.79 Å². The molecule has 0 saturated heterocycles. The van der Waals surface area contributed by atoms with Crippen molar-refractivity contribution in [1.82, 2.24) is 4.72 Å². The molecular formula is C40H47ClN2O6S. The van der Waals surface area contributed by atoms with Crippen molar-refractivity contribution < 1.29 is 27.8 Å². The van der Waals surface area contributed by atoms with Gasteiger partial charge in [0.05, 0.1) is 24.2 Å². The summed E-state index contributed by atoms with van der Waals surface area (Å²) in [5.41, 5.74) is 3.17. The number of aliphatic hydroxyl groups excluding tert-OH is 1. The highest BCUT2D eigenvalue weighted by atomic mass is 35.5. The molecule has 2 aliphatic carbocycles. The number of methoxy groups -OCH3 is 1. The van der Waals surface area contributed by atoms with E-state index in [-0.39, 0.29) is 41.8 Å². The summed E-state index contributed by atoms with van der Waals surface area (Å²) >= 11 is 6.45. The van der Waals surface area contributed by atoms with Gasteiger partial charge in [0.2, 0.25) is 10.0 Å². The van der Waals surface area contributed by atoms with E-state index >= 15 is 0 Å². The van der Waals surface area contributed by atoms with Gasteiger partial charge in [-0.05, 0) is 110 Å². The number of aryl methyl sites for hydroxylation is 1. The van der Waals surface area contributed by atoms with Crippen LogP contribution in [0.4, 0.5) is 5.69 Å². The lowest BCUT2D eigenvalue weighted by Crippen LogP contribution is -2.54. The maximum atomic E-state index is 14.1. The molecule has 2 aliphatic heterocycles. The second-order valence-corrected chi connectivity index (χ2v) is 17.2. The van der Waals surface area contributed by atoms with Crippen LogP contribution in [0.25, 0.3) is 0 Å². The van der Waals surface area contributed by atoms with E-state index in [0.717, 1.165) is 48.4 Å². The fourth-order valence-electron chi connectivity index (χ4n) is 8.91. The lowest BCUT2D eigenvalue weighted by Gasteiger charge is -2.50. The Balaban J connectivity index is 1.32. The Kier molecular flexibility index (Phi) is 9.80. The van der Waals surface area contributed by atoms with E-state index in [0.29, 0.717) is 31.9 Å². The number of aliphatic hydroxyl groups is 1. The van der Waals surface area contributed by atoms with E-state index in [4.69, 9.17) is 21.1 Å². The zero-order chi connectivity index (χ0) is 35.1. The SMILES string of the molecule is CO[C@]1(CO)/C=C\C[C@H](C)[C@@H](Cc2ccccc2)S(=O)(=O)NC(=O)c2ccc3c(c2)N(C[C@@H]2CC[C@H]21)C[C@@]1(CCCc2cc(Cl)ccc21)CO3. The number of ether oxygens (including phenoxy) is 2. The first-order chi connectivity index (χ1) is 24.1. The van der Waals surface area contributed by atoms with Crippen molar-refractivity contribution in [1.29, 1.82) is 0 Å². The van der Waals surface area contributed by atoms with Gasteiger partial charge in [0.15, 0.2) is 0 Å². The molecule has 2 N–H and O–H groups in total. The third kappa shape index (κ3) is 6.58. The summed E-state index contributed by atoms with van der Waals surface area (Å²) in [5.74, 6) is -0.0757. The first kappa shape index (κ1) is 35.1. The molecule has 2 bridgehead atoms. The molecule has 1 saturated carbocycles. The highest BCUT2D eigenvalue weighted by molar-refractivity contribution is 7.90. The smallest absolute Gasteiger partial charge is 0.264 e. The second kappa shape index (κ2) is 14.0. The predicted molar refractivity (Wildman–Crippen MR) is 196 cm³/mol. The third-order valence-electron chi connectivity index (χ3n) is 11.9. The molecule has 1 amide bonds. The first-order valence-corrected chi connectivity index (χ1v) is 19.7. The van der Waals surface area contributed by atoms with E-state index in [9.17, 15) is 18.3 Å². The molecular weight excluding hydrogens is 672 g/mol. The van der Waals surface area contributed by atoms with Crippen molar-refractivity contribution in [3.05, 3.63) is 106 Å². The highest BCUT2D eigenvalue weighted by Crippen LogP contribution is 2.49. The fourth-order valence-corrected chi connectivity index (χ4v) is 10.8. The number of nitrogens with zero attached hydrogens (tertiary/aromatic N) is 1. The Labute approximate surface area is 300 Å². The molecule has 6 atom stereocenters. The summed E-state index contributed by atoms with van der Waals surface area (Å²) in [6.07, 6.45) is 9.37. The van der Waals surface area contributed by atoms with Crippen LogP contribution in [0.15, 0.2) is 78.9 Å². The van der Waals surface area contributed by atoms with Gasteiger partial charge in [-0.15, -0.1) is 0 Å². The van der Waals surface area contributed by atoms with E-state index in [1.807, 2.05) is 55.5 Å². The second-order valence-electron chi connectivity index (χ2n) is 14.9. The molecule has 1 spiro atoms. The van der Waals surface area contributed by atoms with E-state index in [2.05, 4.69) is 21.8 Å². The number of rotatable bonds is 4. The molecule has 2 heterocycles. The largest absolute Gasteiger partial charge is 0.490 e. The maximum absolute atomic E-state index is 14.1. The summed E-state index contributed by atoms with van der Waals surface area (Å²) in [4.78, 5) is 16.2. The molecule has 50 heavy (non-hydrogen) atoms. The Bertz CT molecular complexity index is 1860. The Morgan fingerprint density at radius 2 is 1.92 bits per heavy atom. The van der Waals surface area contributed by atoms with Crippen molar-refractivity contribution in [3.63, 3.8) is 0 Å². The van der Waals surface area contributed by atoms with Crippen LogP contribution in [0.1, 0.15) is 66.1 Å². The molecule has 0 unspecified atom stereocenters. The van der Waals surface area contributed by atoms with Crippen molar-refractivity contribution >= 4 is 33.2 Å². The average molecular weight is 719 g/mol. The molecule has 1 fully saturated rings. The summed E-state index contributed by atoms with van der Waals surface area (Å²) in [5, 5.41) is 10.7. The molecule has 3 aromatic rings. The molecule has 7 rings (SSSR count). The van der Waals surface area contributed by atoms with Crippen LogP contribution >= 0.6 is 11.6 Å². The average Bonchev–Trinajstić information content (AvgIpc) is 3.24. The number of anilines is 1. The summed E-state index contributed by atoms with van der Waals surface area (Å²) in [6.45, 7) is 3.52. The number of hydrogen-bond acceptors (Lipinski definition) is 7. The topological polar surface area (TPSA) is 105 Å². The van der Waals surface area contributed by atoms with Crippen LogP contribution < -0.4 is 14.4 Å². The minimum atomic E-state index is -4.12. The maximum Gasteiger partial charge on any atom is 0.264 e. The minimum Gasteiger partial charge on any atom is -0.490 e. The number of carbonyl (C=O) groups is 1. The monoisotopic (exact) mass is 718 g/mol. The highest BCUT2D eigenvalue weighted by Gasteiger charge is 2.49. The lowest BCUT2D eigenvalue weighted by molar-refractivity contribution is -0.103. The van der Waals surface area contributed by atoms with Crippen molar-refractivity contribution in [2.24, 2.45) is 17.8 Å². The Morgan fingerprint density at radius 3 is 2.66 bits per heavy atom. The van der Waals surface area contributed by atoms with Gasteiger partial charge < -0.3 is 19.5 Å². The van der Waals surface area contributed by atoms with Gasteiger partial charge in [0.1, 0.15) is 11.4 Å². The Morgan fingerprint density at radius 1 is 1.10 bits per heavy atom. The van der Waals surface area contributed by atoms with Gasteiger partial charge in [-0.1, -0.05) is 67.1 Å². The molecule has 4 aliphatic rings. The molecule has 8 nitrogen and oxygen atoms in total. The normalized spacial score (nSPS) is 31.3. The molecule has 10 heteroatoms. The number of sulfonamides is 1. The van der Waals surface area contributed by atoms with Crippen LogP contribution in [-0.4, -0.2) is 63.7 Å². The van der Waals surface area contributed by atoms with E-state index in [1.54, 1.807) is 25.3 Å². The number of halogens is 1. The van der Waals surface area contributed by atoms with Crippen molar-refractivity contribution in [2.75, 3.05) is 38.3 Å². The number of fused-ring (bicyclic) bond motifs is 4. The number of carbonyl (C=O) groups excluding carboxylic acids is 1. The zero-order valence-electron chi connectivity index (χ0n) is 28.8. The first-order valence-electron chi connectivity index (χ1n) is 17.8. The molecule has 266 valence electrons. The number of nitrogens with one attached hydrogen (secondary N) is 1. The van der Waals surface area contributed by atoms with Gasteiger partial charge in [0, 0.05) is 36.2 Å². The Hall–Kier alpha value is -3.37. The van der Waals surface area contributed by atoms with Crippen LogP contribution in [0, 0.1) is 17.8 Å². The van der Waals surface area contributed by atoms with Crippen molar-refractivity contribution in [2.45, 2.75) is 68.1 Å². The summed E-state index contributed by atoms with van der Waals surface area (Å²) < 4.78 is 43.4. The number of hydrogen-bond donors (Lipinski definition) is 2. The molecule has 3 aromatic carbocycles. The van der Waals surface area contributed by atoms with Crippen LogP contribution in [0.3, 0.4) is 0 Å². The lowest BCUT2D eigenvalue weighted by atomic mass is 9.64. The quantitative estimate of drug-likeness (QED) is 0.298. The summed E-state index contributed by atoms with van der Waals surface area (Å²) in [7, 11) is -2.47.